The van der Waals surface area contributed by atoms with Gasteiger partial charge < -0.3 is 4.98 Å². The highest BCUT2D eigenvalue weighted by Crippen LogP contribution is 2.50. The zero-order chi connectivity index (χ0) is 15.7. The normalized spacial score (nSPS) is 20.5. The second-order valence-corrected chi connectivity index (χ2v) is 5.41. The lowest BCUT2D eigenvalue weighted by Gasteiger charge is -2.04. The average Bonchev–Trinajstić information content (AvgIpc) is 3.25. The van der Waals surface area contributed by atoms with Gasteiger partial charge in [-0.2, -0.15) is 0 Å². The van der Waals surface area contributed by atoms with E-state index >= 15 is 0 Å². The minimum atomic E-state index is -0.588. The third-order valence-corrected chi connectivity index (χ3v) is 3.88. The van der Waals surface area contributed by atoms with Gasteiger partial charge in [0.1, 0.15) is 12.4 Å². The van der Waals surface area contributed by atoms with Gasteiger partial charge in [0.15, 0.2) is 5.15 Å². The maximum atomic E-state index is 12.2. The highest BCUT2D eigenvalue weighted by Gasteiger charge is 2.38. The largest absolute Gasteiger partial charge is 0.325 e. The van der Waals surface area contributed by atoms with Crippen molar-refractivity contribution in [3.63, 3.8) is 0 Å². The number of hydrogen-bond acceptors (Lipinski definition) is 4. The van der Waals surface area contributed by atoms with Gasteiger partial charge in [0.05, 0.1) is 5.56 Å². The van der Waals surface area contributed by atoms with E-state index in [0.29, 0.717) is 5.69 Å². The summed E-state index contributed by atoms with van der Waals surface area (Å²) in [6, 6.07) is 1.69. The molecule has 0 saturated heterocycles. The van der Waals surface area contributed by atoms with Gasteiger partial charge in [-0.3, -0.25) is 9.78 Å². The Morgan fingerprint density at radius 3 is 2.95 bits per heavy atom. The lowest BCUT2D eigenvalue weighted by atomic mass is 10.1. The molecule has 0 spiro atoms. The van der Waals surface area contributed by atoms with E-state index in [1.165, 1.54) is 12.3 Å². The quantitative estimate of drug-likeness (QED) is 0.840. The third-order valence-electron chi connectivity index (χ3n) is 3.58. The number of allylic oxidation sites excluding steroid dienone is 2. The number of alkyl halides is 1. The predicted octanol–water partition coefficient (Wildman–Crippen LogP) is 1.80. The summed E-state index contributed by atoms with van der Waals surface area (Å²) in [6.45, 7) is -0.496. The van der Waals surface area contributed by atoms with Crippen LogP contribution in [0.25, 0.3) is 11.3 Å². The fourth-order valence-corrected chi connectivity index (χ4v) is 2.63. The fraction of sp³-hybridized carbons (Fsp3) is 0.286. The Bertz CT molecular complexity index is 845. The van der Waals surface area contributed by atoms with E-state index in [1.54, 1.807) is 6.07 Å². The molecule has 0 aromatic carbocycles. The SMILES string of the molecule is O=c1[nH]cc(-c2cc([C@H]3C[C@@H]3/C=C/CF)c(Cl)nn2)c(=O)[nH]1. The summed E-state index contributed by atoms with van der Waals surface area (Å²) < 4.78 is 12.2. The summed E-state index contributed by atoms with van der Waals surface area (Å²) in [5.74, 6) is 0.366. The topological polar surface area (TPSA) is 91.5 Å². The molecule has 1 aliphatic rings. The highest BCUT2D eigenvalue weighted by atomic mass is 35.5. The number of halogens is 2. The highest BCUT2D eigenvalue weighted by molar-refractivity contribution is 6.30. The van der Waals surface area contributed by atoms with Crippen LogP contribution in [0.1, 0.15) is 17.9 Å². The van der Waals surface area contributed by atoms with Gasteiger partial charge in [0.2, 0.25) is 0 Å². The summed E-state index contributed by atoms with van der Waals surface area (Å²) in [6.07, 6.45) is 5.42. The van der Waals surface area contributed by atoms with Crippen LogP contribution in [0.3, 0.4) is 0 Å². The van der Waals surface area contributed by atoms with Crippen LogP contribution in [0.4, 0.5) is 4.39 Å². The minimum absolute atomic E-state index is 0.145. The molecular formula is C14H12ClFN4O2. The summed E-state index contributed by atoms with van der Waals surface area (Å²) in [5.41, 5.74) is 0.176. The van der Waals surface area contributed by atoms with E-state index in [0.717, 1.165) is 12.0 Å². The molecule has 3 rings (SSSR count). The maximum absolute atomic E-state index is 12.2. The summed E-state index contributed by atoms with van der Waals surface area (Å²) in [4.78, 5) is 27.4. The Morgan fingerprint density at radius 2 is 2.23 bits per heavy atom. The molecule has 0 radical (unpaired) electrons. The van der Waals surface area contributed by atoms with Crippen LogP contribution in [0, 0.1) is 5.92 Å². The number of nitrogens with zero attached hydrogens (tertiary/aromatic N) is 2. The molecule has 1 saturated carbocycles. The average molecular weight is 323 g/mol. The molecule has 0 amide bonds. The molecular weight excluding hydrogens is 311 g/mol. The molecule has 6 nitrogen and oxygen atoms in total. The Morgan fingerprint density at radius 1 is 1.41 bits per heavy atom. The summed E-state index contributed by atoms with van der Waals surface area (Å²) in [5, 5.41) is 8.03. The lowest BCUT2D eigenvalue weighted by molar-refractivity contribution is 0.560. The van der Waals surface area contributed by atoms with Gasteiger partial charge in [-0.25, -0.2) is 9.18 Å². The molecule has 8 heteroatoms. The van der Waals surface area contributed by atoms with Gasteiger partial charge in [-0.15, -0.1) is 10.2 Å². The van der Waals surface area contributed by atoms with Crippen LogP contribution < -0.4 is 11.2 Å². The van der Waals surface area contributed by atoms with E-state index in [9.17, 15) is 14.0 Å². The molecule has 2 aromatic heterocycles. The van der Waals surface area contributed by atoms with E-state index < -0.39 is 17.9 Å². The van der Waals surface area contributed by atoms with Crippen LogP contribution in [0.5, 0.6) is 0 Å². The molecule has 2 atom stereocenters. The van der Waals surface area contributed by atoms with E-state index in [2.05, 4.69) is 20.2 Å². The van der Waals surface area contributed by atoms with Crippen LogP contribution in [-0.4, -0.2) is 26.8 Å². The van der Waals surface area contributed by atoms with Crippen LogP contribution in [0.2, 0.25) is 5.15 Å². The number of nitrogens with one attached hydrogen (secondary N) is 2. The first-order chi connectivity index (χ1) is 10.6. The first-order valence-electron chi connectivity index (χ1n) is 6.68. The molecule has 2 aromatic rings. The number of aromatic nitrogens is 4. The van der Waals surface area contributed by atoms with Crippen molar-refractivity contribution in [1.29, 1.82) is 0 Å². The third kappa shape index (κ3) is 2.85. The Kier molecular flexibility index (Phi) is 3.89. The Labute approximate surface area is 129 Å². The standard InChI is InChI=1S/C14H12ClFN4O2/c15-12-9(8-4-7(8)2-1-3-16)5-11(19-20-12)10-6-17-14(22)18-13(10)21/h1-2,5-8H,3-4H2,(H2,17,18,21,22)/b2-1+/t7-,8-/m0/s1. The second kappa shape index (κ2) is 5.84. The minimum Gasteiger partial charge on any atom is -0.313 e. The molecule has 1 aliphatic carbocycles. The van der Waals surface area contributed by atoms with Crippen molar-refractivity contribution < 1.29 is 4.39 Å². The zero-order valence-electron chi connectivity index (χ0n) is 11.3. The van der Waals surface area contributed by atoms with Crippen molar-refractivity contribution >= 4 is 11.6 Å². The first kappa shape index (κ1) is 14.6. The molecule has 0 bridgehead atoms. The molecule has 0 unspecified atom stereocenters. The number of H-pyrrole nitrogens is 2. The monoisotopic (exact) mass is 322 g/mol. The molecule has 22 heavy (non-hydrogen) atoms. The number of rotatable bonds is 4. The van der Waals surface area contributed by atoms with Crippen molar-refractivity contribution in [2.45, 2.75) is 12.3 Å². The van der Waals surface area contributed by atoms with Gasteiger partial charge in [-0.05, 0) is 29.9 Å². The van der Waals surface area contributed by atoms with Crippen LogP contribution >= 0.6 is 11.6 Å². The summed E-state index contributed by atoms with van der Waals surface area (Å²) in [7, 11) is 0. The van der Waals surface area contributed by atoms with E-state index in [-0.39, 0.29) is 22.6 Å². The van der Waals surface area contributed by atoms with E-state index in [4.69, 9.17) is 11.6 Å². The lowest BCUT2D eigenvalue weighted by Crippen LogP contribution is -2.23. The molecule has 0 aliphatic heterocycles. The zero-order valence-corrected chi connectivity index (χ0v) is 12.1. The number of hydrogen-bond donors (Lipinski definition) is 2. The molecule has 2 heterocycles. The Hall–Kier alpha value is -2.28. The van der Waals surface area contributed by atoms with Crippen LogP contribution in [0.15, 0.2) is 34.0 Å². The first-order valence-corrected chi connectivity index (χ1v) is 7.06. The van der Waals surface area contributed by atoms with Crippen molar-refractivity contribution in [3.8, 4) is 11.3 Å². The summed E-state index contributed by atoms with van der Waals surface area (Å²) >= 11 is 6.07. The van der Waals surface area contributed by atoms with Crippen molar-refractivity contribution in [1.82, 2.24) is 20.2 Å². The smallest absolute Gasteiger partial charge is 0.313 e. The van der Waals surface area contributed by atoms with Gasteiger partial charge >= 0.3 is 5.69 Å². The van der Waals surface area contributed by atoms with Gasteiger partial charge in [0.25, 0.3) is 5.56 Å². The van der Waals surface area contributed by atoms with E-state index in [1.807, 2.05) is 6.08 Å². The van der Waals surface area contributed by atoms with Crippen molar-refractivity contribution in [3.05, 3.63) is 56.0 Å². The van der Waals surface area contributed by atoms with Crippen LogP contribution in [-0.2, 0) is 0 Å². The van der Waals surface area contributed by atoms with Crippen molar-refractivity contribution in [2.75, 3.05) is 6.67 Å². The maximum Gasteiger partial charge on any atom is 0.325 e. The molecule has 2 N–H and O–H groups in total. The number of aromatic amines is 2. The fourth-order valence-electron chi connectivity index (χ4n) is 2.39. The van der Waals surface area contributed by atoms with Gasteiger partial charge in [-0.1, -0.05) is 23.8 Å². The predicted molar refractivity (Wildman–Crippen MR) is 79.7 cm³/mol. The van der Waals surface area contributed by atoms with Crippen molar-refractivity contribution in [2.24, 2.45) is 5.92 Å². The molecule has 114 valence electrons. The Balaban J connectivity index is 1.96. The molecule has 1 fully saturated rings. The van der Waals surface area contributed by atoms with Gasteiger partial charge in [0, 0.05) is 6.20 Å². The second-order valence-electron chi connectivity index (χ2n) is 5.05.